The second kappa shape index (κ2) is 5.40. The van der Waals surface area contributed by atoms with Crippen LogP contribution in [0.4, 0.5) is 4.39 Å². The molecule has 1 aromatic heterocycles. The van der Waals surface area contributed by atoms with Gasteiger partial charge in [-0.25, -0.2) is 4.39 Å². The number of hydrogen-bond acceptors (Lipinski definition) is 1. The average molecular weight is 287 g/mol. The second-order valence-electron chi connectivity index (χ2n) is 7.61. The highest BCUT2D eigenvalue weighted by molar-refractivity contribution is 5.80. The van der Waals surface area contributed by atoms with E-state index in [1.54, 1.807) is 6.07 Å². The molecule has 0 unspecified atom stereocenters. The van der Waals surface area contributed by atoms with Crippen LogP contribution in [0.2, 0.25) is 0 Å². The molecule has 114 valence electrons. The first-order valence-electron chi connectivity index (χ1n) is 7.76. The van der Waals surface area contributed by atoms with Crippen LogP contribution in [0.25, 0.3) is 10.9 Å². The fourth-order valence-corrected chi connectivity index (χ4v) is 2.85. The Morgan fingerprint density at radius 3 is 2.29 bits per heavy atom. The third-order valence-electron chi connectivity index (χ3n) is 4.15. The minimum Gasteiger partial charge on any atom is -0.252 e. The van der Waals surface area contributed by atoms with Crippen LogP contribution in [0.5, 0.6) is 0 Å². The van der Waals surface area contributed by atoms with Crippen LogP contribution >= 0.6 is 0 Å². The van der Waals surface area contributed by atoms with Crippen molar-refractivity contribution in [2.75, 3.05) is 0 Å². The molecule has 0 fully saturated rings. The Morgan fingerprint density at radius 2 is 1.71 bits per heavy atom. The van der Waals surface area contributed by atoms with Gasteiger partial charge in [-0.1, -0.05) is 54.0 Å². The molecule has 0 saturated heterocycles. The van der Waals surface area contributed by atoms with Crippen molar-refractivity contribution in [3.63, 3.8) is 0 Å². The molecule has 0 aliphatic heterocycles. The molecule has 2 rings (SSSR count). The number of hydrogen-bond donors (Lipinski definition) is 0. The number of nitrogens with zero attached hydrogens (tertiary/aromatic N) is 1. The molecule has 2 heteroatoms. The monoisotopic (exact) mass is 287 g/mol. The van der Waals surface area contributed by atoms with Crippen molar-refractivity contribution in [2.45, 2.75) is 65.2 Å². The zero-order valence-electron chi connectivity index (χ0n) is 14.0. The topological polar surface area (TPSA) is 12.9 Å². The molecule has 0 aliphatic rings. The van der Waals surface area contributed by atoms with E-state index < -0.39 is 0 Å². The van der Waals surface area contributed by atoms with Crippen molar-refractivity contribution >= 4 is 10.9 Å². The molecule has 0 radical (unpaired) electrons. The fourth-order valence-electron chi connectivity index (χ4n) is 2.85. The average Bonchev–Trinajstić information content (AvgIpc) is 2.35. The molecule has 0 N–H and O–H groups in total. The normalized spacial score (nSPS) is 12.9. The highest BCUT2D eigenvalue weighted by Gasteiger charge is 2.23. The molecule has 21 heavy (non-hydrogen) atoms. The van der Waals surface area contributed by atoms with E-state index in [-0.39, 0.29) is 16.6 Å². The summed E-state index contributed by atoms with van der Waals surface area (Å²) in [6.45, 7) is 12.7. The lowest BCUT2D eigenvalue weighted by molar-refractivity contribution is 0.461. The lowest BCUT2D eigenvalue weighted by Crippen LogP contribution is -2.18. The summed E-state index contributed by atoms with van der Waals surface area (Å²) in [7, 11) is 0. The summed E-state index contributed by atoms with van der Waals surface area (Å²) in [6.07, 6.45) is 2.19. The first-order valence-corrected chi connectivity index (χ1v) is 7.76. The number of fused-ring (bicyclic) bond motifs is 1. The van der Waals surface area contributed by atoms with E-state index in [9.17, 15) is 4.39 Å². The number of rotatable bonds is 3. The van der Waals surface area contributed by atoms with E-state index in [1.165, 1.54) is 0 Å². The predicted octanol–water partition coefficient (Wildman–Crippen LogP) is 5.75. The number of benzene rings is 1. The van der Waals surface area contributed by atoms with Gasteiger partial charge >= 0.3 is 0 Å². The molecular weight excluding hydrogens is 261 g/mol. The van der Waals surface area contributed by atoms with Gasteiger partial charge in [-0.05, 0) is 29.5 Å². The van der Waals surface area contributed by atoms with Crippen molar-refractivity contribution in [3.8, 4) is 0 Å². The quantitative estimate of drug-likeness (QED) is 0.700. The van der Waals surface area contributed by atoms with Crippen LogP contribution in [0, 0.1) is 5.82 Å². The Bertz CT molecular complexity index is 650. The third-order valence-corrected chi connectivity index (χ3v) is 4.15. The van der Waals surface area contributed by atoms with Crippen molar-refractivity contribution in [1.82, 2.24) is 4.98 Å². The van der Waals surface area contributed by atoms with Crippen molar-refractivity contribution in [1.29, 1.82) is 0 Å². The van der Waals surface area contributed by atoms with Crippen LogP contribution in [0.15, 0.2) is 24.3 Å². The van der Waals surface area contributed by atoms with E-state index >= 15 is 0 Å². The Hall–Kier alpha value is -1.44. The van der Waals surface area contributed by atoms with Gasteiger partial charge in [0.25, 0.3) is 0 Å². The van der Waals surface area contributed by atoms with Crippen LogP contribution in [0.1, 0.15) is 65.6 Å². The van der Waals surface area contributed by atoms with Gasteiger partial charge in [0.15, 0.2) is 0 Å². The highest BCUT2D eigenvalue weighted by atomic mass is 19.1. The molecule has 1 nitrogen and oxygen atoms in total. The van der Waals surface area contributed by atoms with E-state index in [2.05, 4.69) is 32.9 Å². The summed E-state index contributed by atoms with van der Waals surface area (Å²) >= 11 is 0. The van der Waals surface area contributed by atoms with Gasteiger partial charge in [0.2, 0.25) is 0 Å². The third kappa shape index (κ3) is 3.25. The molecule has 0 spiro atoms. The number of halogens is 1. The first kappa shape index (κ1) is 15.9. The fraction of sp³-hybridized carbons (Fsp3) is 0.526. The molecule has 0 saturated carbocycles. The number of pyridine rings is 1. The predicted molar refractivity (Wildman–Crippen MR) is 88.3 cm³/mol. The summed E-state index contributed by atoms with van der Waals surface area (Å²) in [4.78, 5) is 4.71. The van der Waals surface area contributed by atoms with Crippen molar-refractivity contribution in [3.05, 3.63) is 41.3 Å². The minimum absolute atomic E-state index is 0.0299. The van der Waals surface area contributed by atoms with E-state index in [1.807, 2.05) is 26.8 Å². The zero-order chi connectivity index (χ0) is 15.8. The molecule has 0 amide bonds. The van der Waals surface area contributed by atoms with Gasteiger partial charge in [-0.2, -0.15) is 0 Å². The first-order chi connectivity index (χ1) is 9.65. The summed E-state index contributed by atoms with van der Waals surface area (Å²) < 4.78 is 14.4. The molecule has 2 aromatic rings. The zero-order valence-corrected chi connectivity index (χ0v) is 14.0. The summed E-state index contributed by atoms with van der Waals surface area (Å²) in [5, 5.41) is 1.01. The summed E-state index contributed by atoms with van der Waals surface area (Å²) in [5.74, 6) is -0.159. The second-order valence-corrected chi connectivity index (χ2v) is 7.61. The Morgan fingerprint density at radius 1 is 1.05 bits per heavy atom. The lowest BCUT2D eigenvalue weighted by Gasteiger charge is -2.24. The van der Waals surface area contributed by atoms with Crippen molar-refractivity contribution < 1.29 is 4.39 Å². The Labute approximate surface area is 127 Å². The molecule has 0 bridgehead atoms. The Kier molecular flexibility index (Phi) is 4.10. The van der Waals surface area contributed by atoms with Crippen LogP contribution < -0.4 is 0 Å². The minimum atomic E-state index is -0.196. The molecule has 1 aromatic carbocycles. The largest absolute Gasteiger partial charge is 0.252 e. The lowest BCUT2D eigenvalue weighted by atomic mass is 9.83. The van der Waals surface area contributed by atoms with E-state index in [0.29, 0.717) is 0 Å². The van der Waals surface area contributed by atoms with Gasteiger partial charge in [0, 0.05) is 22.6 Å². The molecule has 0 atom stereocenters. The smallest absolute Gasteiger partial charge is 0.129 e. The number of aromatic nitrogens is 1. The van der Waals surface area contributed by atoms with Crippen LogP contribution in [0.3, 0.4) is 0 Å². The van der Waals surface area contributed by atoms with Crippen molar-refractivity contribution in [2.24, 2.45) is 0 Å². The molecule has 0 aliphatic carbocycles. The van der Waals surface area contributed by atoms with E-state index in [4.69, 9.17) is 4.98 Å². The van der Waals surface area contributed by atoms with Crippen LogP contribution in [-0.4, -0.2) is 4.98 Å². The Balaban J connectivity index is 2.56. The van der Waals surface area contributed by atoms with Crippen LogP contribution in [-0.2, 0) is 10.8 Å². The van der Waals surface area contributed by atoms with Gasteiger partial charge < -0.3 is 0 Å². The van der Waals surface area contributed by atoms with Gasteiger partial charge in [0.05, 0.1) is 5.52 Å². The standard InChI is InChI=1S/C19H26FN/c1-7-10-19(5,6)17-9-8-13-11-14(18(2,3)4)15(20)12-16(13)21-17/h8-9,11-12H,7,10H2,1-6H3. The molecular formula is C19H26FN. The van der Waals surface area contributed by atoms with Gasteiger partial charge in [0.1, 0.15) is 5.82 Å². The maximum absolute atomic E-state index is 14.4. The maximum Gasteiger partial charge on any atom is 0.129 e. The van der Waals surface area contributed by atoms with Gasteiger partial charge in [-0.3, -0.25) is 4.98 Å². The maximum atomic E-state index is 14.4. The highest BCUT2D eigenvalue weighted by Crippen LogP contribution is 2.31. The summed E-state index contributed by atoms with van der Waals surface area (Å²) in [6, 6.07) is 7.68. The van der Waals surface area contributed by atoms with E-state index in [0.717, 1.165) is 35.0 Å². The van der Waals surface area contributed by atoms with Gasteiger partial charge in [-0.15, -0.1) is 0 Å². The SMILES string of the molecule is CCCC(C)(C)c1ccc2cc(C(C)(C)C)c(F)cc2n1. The summed E-state index contributed by atoms with van der Waals surface area (Å²) in [5.41, 5.74) is 2.37. The molecule has 1 heterocycles.